The first kappa shape index (κ1) is 18.1. The highest BCUT2D eigenvalue weighted by Crippen LogP contribution is 2.28. The zero-order valence-corrected chi connectivity index (χ0v) is 15.9. The van der Waals surface area contributed by atoms with Crippen molar-refractivity contribution in [3.05, 3.63) is 83.7 Å². The monoisotopic (exact) mass is 393 g/mol. The fourth-order valence-electron chi connectivity index (χ4n) is 2.84. The second kappa shape index (κ2) is 7.78. The minimum atomic E-state index is -0.401. The number of aromatic nitrogens is 4. The molecule has 0 aliphatic heterocycles. The number of aryl methyl sites for hydroxylation is 1. The van der Waals surface area contributed by atoms with E-state index in [1.807, 2.05) is 48.0 Å². The van der Waals surface area contributed by atoms with Gasteiger partial charge in [-0.1, -0.05) is 24.6 Å². The summed E-state index contributed by atoms with van der Waals surface area (Å²) in [5.41, 5.74) is 2.71. The molecule has 0 bridgehead atoms. The van der Waals surface area contributed by atoms with Crippen molar-refractivity contribution < 1.29 is 4.39 Å². The number of nitrogens with zero attached hydrogens (tertiary/aromatic N) is 4. The summed E-state index contributed by atoms with van der Waals surface area (Å²) in [7, 11) is 0. The SMILES string of the molecule is CCc1nc(-c2cccnc2)nn1-c1ccc(Nc2c(F)cccc2Cl)cc1. The van der Waals surface area contributed by atoms with E-state index in [2.05, 4.69) is 20.4 Å². The van der Waals surface area contributed by atoms with Crippen LogP contribution >= 0.6 is 11.6 Å². The van der Waals surface area contributed by atoms with Gasteiger partial charge in [0.15, 0.2) is 5.82 Å². The van der Waals surface area contributed by atoms with E-state index in [1.54, 1.807) is 24.5 Å². The Hall–Kier alpha value is -3.25. The molecule has 0 atom stereocenters. The van der Waals surface area contributed by atoms with Gasteiger partial charge < -0.3 is 5.32 Å². The van der Waals surface area contributed by atoms with Crippen molar-refractivity contribution in [3.63, 3.8) is 0 Å². The van der Waals surface area contributed by atoms with Crippen molar-refractivity contribution in [2.75, 3.05) is 5.32 Å². The molecule has 2 heterocycles. The Morgan fingerprint density at radius 1 is 1.07 bits per heavy atom. The Bertz CT molecular complexity index is 1070. The standard InChI is InChI=1S/C21H17ClFN5/c1-2-19-26-21(14-5-4-12-24-13-14)27-28(19)16-10-8-15(9-11-16)25-20-17(22)6-3-7-18(20)23/h3-13,25H,2H2,1H3. The lowest BCUT2D eigenvalue weighted by molar-refractivity contribution is 0.632. The number of pyridine rings is 1. The van der Waals surface area contributed by atoms with Crippen LogP contribution in [0.1, 0.15) is 12.7 Å². The van der Waals surface area contributed by atoms with Crippen molar-refractivity contribution in [2.45, 2.75) is 13.3 Å². The summed E-state index contributed by atoms with van der Waals surface area (Å²) in [5.74, 6) is 1.07. The van der Waals surface area contributed by atoms with Crippen LogP contribution in [-0.4, -0.2) is 19.7 Å². The normalized spacial score (nSPS) is 10.8. The number of hydrogen-bond acceptors (Lipinski definition) is 4. The van der Waals surface area contributed by atoms with E-state index >= 15 is 0 Å². The molecule has 4 rings (SSSR count). The van der Waals surface area contributed by atoms with Crippen LogP contribution in [0.25, 0.3) is 17.1 Å². The highest BCUT2D eigenvalue weighted by Gasteiger charge is 2.12. The van der Waals surface area contributed by atoms with Crippen molar-refractivity contribution >= 4 is 23.0 Å². The molecule has 0 radical (unpaired) electrons. The molecule has 4 aromatic rings. The van der Waals surface area contributed by atoms with Crippen molar-refractivity contribution in [1.29, 1.82) is 0 Å². The Morgan fingerprint density at radius 2 is 1.89 bits per heavy atom. The molecule has 2 aromatic carbocycles. The van der Waals surface area contributed by atoms with E-state index in [-0.39, 0.29) is 5.69 Å². The van der Waals surface area contributed by atoms with Gasteiger partial charge in [0.25, 0.3) is 0 Å². The Morgan fingerprint density at radius 3 is 2.57 bits per heavy atom. The van der Waals surface area contributed by atoms with E-state index < -0.39 is 5.82 Å². The molecule has 0 spiro atoms. The van der Waals surface area contributed by atoms with Crippen LogP contribution in [0.4, 0.5) is 15.8 Å². The first-order valence-corrected chi connectivity index (χ1v) is 9.21. The fraction of sp³-hybridized carbons (Fsp3) is 0.0952. The summed E-state index contributed by atoms with van der Waals surface area (Å²) in [6.07, 6.45) is 4.19. The van der Waals surface area contributed by atoms with Gasteiger partial charge in [-0.05, 0) is 48.5 Å². The van der Waals surface area contributed by atoms with Gasteiger partial charge in [0.1, 0.15) is 11.6 Å². The summed E-state index contributed by atoms with van der Waals surface area (Å²) in [5, 5.41) is 7.97. The van der Waals surface area contributed by atoms with Gasteiger partial charge in [0, 0.05) is 30.1 Å². The van der Waals surface area contributed by atoms with Gasteiger partial charge >= 0.3 is 0 Å². The molecule has 0 fully saturated rings. The largest absolute Gasteiger partial charge is 0.352 e. The molecule has 7 heteroatoms. The molecular weight excluding hydrogens is 377 g/mol. The number of rotatable bonds is 5. The highest BCUT2D eigenvalue weighted by atomic mass is 35.5. The molecule has 0 unspecified atom stereocenters. The summed E-state index contributed by atoms with van der Waals surface area (Å²) < 4.78 is 15.8. The molecule has 5 nitrogen and oxygen atoms in total. The molecule has 0 aliphatic carbocycles. The summed E-state index contributed by atoms with van der Waals surface area (Å²) >= 11 is 6.08. The van der Waals surface area contributed by atoms with Crippen LogP contribution in [0.3, 0.4) is 0 Å². The number of halogens is 2. The van der Waals surface area contributed by atoms with Crippen LogP contribution in [0.2, 0.25) is 5.02 Å². The predicted molar refractivity (Wildman–Crippen MR) is 109 cm³/mol. The van der Waals surface area contributed by atoms with E-state index in [1.165, 1.54) is 6.07 Å². The van der Waals surface area contributed by atoms with Gasteiger partial charge in [0.2, 0.25) is 0 Å². The Balaban J connectivity index is 1.63. The number of benzene rings is 2. The van der Waals surface area contributed by atoms with Gasteiger partial charge in [-0.3, -0.25) is 4.98 Å². The minimum absolute atomic E-state index is 0.255. The van der Waals surface area contributed by atoms with Crippen molar-refractivity contribution in [1.82, 2.24) is 19.7 Å². The fourth-order valence-corrected chi connectivity index (χ4v) is 3.06. The number of nitrogens with one attached hydrogen (secondary N) is 1. The molecule has 0 saturated heterocycles. The van der Waals surface area contributed by atoms with Crippen LogP contribution in [0.5, 0.6) is 0 Å². The highest BCUT2D eigenvalue weighted by molar-refractivity contribution is 6.33. The lowest BCUT2D eigenvalue weighted by atomic mass is 10.2. The molecule has 1 N–H and O–H groups in total. The first-order valence-electron chi connectivity index (χ1n) is 8.83. The maximum absolute atomic E-state index is 14.0. The number of hydrogen-bond donors (Lipinski definition) is 1. The second-order valence-corrected chi connectivity index (χ2v) is 6.53. The van der Waals surface area contributed by atoms with E-state index in [4.69, 9.17) is 11.6 Å². The quantitative estimate of drug-likeness (QED) is 0.491. The van der Waals surface area contributed by atoms with Crippen LogP contribution in [0, 0.1) is 5.82 Å². The van der Waals surface area contributed by atoms with Gasteiger partial charge in [-0.25, -0.2) is 14.1 Å². The first-order chi connectivity index (χ1) is 13.7. The third-order valence-corrected chi connectivity index (χ3v) is 4.57. The molecule has 0 saturated carbocycles. The van der Waals surface area contributed by atoms with Gasteiger partial charge in [-0.15, -0.1) is 5.10 Å². The molecule has 0 amide bonds. The zero-order valence-electron chi connectivity index (χ0n) is 15.1. The second-order valence-electron chi connectivity index (χ2n) is 6.13. The van der Waals surface area contributed by atoms with Crippen molar-refractivity contribution in [2.24, 2.45) is 0 Å². The third-order valence-electron chi connectivity index (χ3n) is 4.25. The lowest BCUT2D eigenvalue weighted by Gasteiger charge is -2.10. The van der Waals surface area contributed by atoms with Crippen LogP contribution in [-0.2, 0) is 6.42 Å². The minimum Gasteiger partial charge on any atom is -0.352 e. The average Bonchev–Trinajstić information content (AvgIpc) is 3.16. The number of para-hydroxylation sites is 1. The maximum Gasteiger partial charge on any atom is 0.183 e. The molecule has 28 heavy (non-hydrogen) atoms. The van der Waals surface area contributed by atoms with Crippen LogP contribution < -0.4 is 5.32 Å². The zero-order chi connectivity index (χ0) is 19.5. The molecule has 0 aliphatic rings. The Kier molecular flexibility index (Phi) is 5.04. The van der Waals surface area contributed by atoms with E-state index in [0.29, 0.717) is 10.8 Å². The molecule has 2 aromatic heterocycles. The third kappa shape index (κ3) is 3.59. The molecular formula is C21H17ClFN5. The Labute approximate surface area is 166 Å². The van der Waals surface area contributed by atoms with Gasteiger partial charge in [-0.2, -0.15) is 0 Å². The molecule has 140 valence electrons. The summed E-state index contributed by atoms with van der Waals surface area (Å²) in [6, 6.07) is 15.9. The predicted octanol–water partition coefficient (Wildman–Crippen LogP) is 5.43. The van der Waals surface area contributed by atoms with Crippen LogP contribution in [0.15, 0.2) is 67.0 Å². The summed E-state index contributed by atoms with van der Waals surface area (Å²) in [4.78, 5) is 8.74. The smallest absolute Gasteiger partial charge is 0.183 e. The topological polar surface area (TPSA) is 55.6 Å². The lowest BCUT2D eigenvalue weighted by Crippen LogP contribution is -2.02. The summed E-state index contributed by atoms with van der Waals surface area (Å²) in [6.45, 7) is 2.03. The van der Waals surface area contributed by atoms with E-state index in [0.717, 1.165) is 29.2 Å². The number of anilines is 2. The maximum atomic E-state index is 14.0. The van der Waals surface area contributed by atoms with Gasteiger partial charge in [0.05, 0.1) is 16.4 Å². The van der Waals surface area contributed by atoms with E-state index in [9.17, 15) is 4.39 Å². The average molecular weight is 394 g/mol. The van der Waals surface area contributed by atoms with Crippen molar-refractivity contribution in [3.8, 4) is 17.1 Å².